The zero-order valence-electron chi connectivity index (χ0n) is 10.6. The third kappa shape index (κ3) is 2.48. The quantitative estimate of drug-likeness (QED) is 0.754. The molecular weight excluding hydrogens is 214 g/mol. The highest BCUT2D eigenvalue weighted by molar-refractivity contribution is 5.81. The van der Waals surface area contributed by atoms with Crippen molar-refractivity contribution in [3.63, 3.8) is 0 Å². The maximum atomic E-state index is 5.61. The number of ether oxygens (including phenoxy) is 1. The molecule has 1 aliphatic rings. The van der Waals surface area contributed by atoms with E-state index in [9.17, 15) is 0 Å². The van der Waals surface area contributed by atoms with Gasteiger partial charge in [-0.1, -0.05) is 18.2 Å². The minimum atomic E-state index is 0.275. The van der Waals surface area contributed by atoms with E-state index in [4.69, 9.17) is 4.74 Å². The Bertz CT molecular complexity index is 492. The molecule has 0 saturated carbocycles. The fourth-order valence-electron chi connectivity index (χ4n) is 1.96. The molecule has 2 heterocycles. The van der Waals surface area contributed by atoms with E-state index in [0.29, 0.717) is 6.61 Å². The topological polar surface area (TPSA) is 39.1 Å². The molecule has 1 aromatic carbocycles. The van der Waals surface area contributed by atoms with E-state index in [-0.39, 0.29) is 6.10 Å². The Labute approximate surface area is 102 Å². The molecule has 0 bridgehead atoms. The number of hydrogen-bond acceptors (Lipinski definition) is 3. The Morgan fingerprint density at radius 1 is 1.35 bits per heavy atom. The van der Waals surface area contributed by atoms with Crippen molar-refractivity contribution in [1.29, 1.82) is 0 Å². The van der Waals surface area contributed by atoms with E-state index in [1.807, 2.05) is 32.3 Å². The molecule has 0 saturated heterocycles. The molecule has 0 amide bonds. The Morgan fingerprint density at radius 3 is 2.82 bits per heavy atom. The zero-order valence-corrected chi connectivity index (χ0v) is 10.6. The predicted octanol–water partition coefficient (Wildman–Crippen LogP) is 1.79. The number of hydrogen-bond donors (Lipinski definition) is 1. The van der Waals surface area contributed by atoms with Crippen LogP contribution in [-0.2, 0) is 17.9 Å². The lowest BCUT2D eigenvalue weighted by atomic mass is 10.2. The van der Waals surface area contributed by atoms with Crippen LogP contribution in [0.5, 0.6) is 0 Å². The van der Waals surface area contributed by atoms with Crippen LogP contribution in [0.4, 0.5) is 0 Å². The first-order valence-electron chi connectivity index (χ1n) is 5.90. The Hall–Kier alpha value is -1.39. The molecule has 1 unspecified atom stereocenters. The molecule has 3 rings (SSSR count). The van der Waals surface area contributed by atoms with E-state index >= 15 is 0 Å². The molecule has 4 nitrogen and oxygen atoms in total. The normalized spacial score (nSPS) is 18.4. The molecule has 92 valence electrons. The molecule has 17 heavy (non-hydrogen) atoms. The summed E-state index contributed by atoms with van der Waals surface area (Å²) < 4.78 is 7.68. The highest BCUT2D eigenvalue weighted by atomic mass is 16.5. The van der Waals surface area contributed by atoms with Crippen molar-refractivity contribution in [2.75, 3.05) is 14.1 Å². The summed E-state index contributed by atoms with van der Waals surface area (Å²) in [5.41, 5.74) is 2.28. The highest BCUT2D eigenvalue weighted by Gasteiger charge is 2.18. The van der Waals surface area contributed by atoms with Gasteiger partial charge in [0.2, 0.25) is 0 Å². The van der Waals surface area contributed by atoms with Crippen LogP contribution in [0.15, 0.2) is 24.3 Å². The Morgan fingerprint density at radius 2 is 2.06 bits per heavy atom. The van der Waals surface area contributed by atoms with Crippen molar-refractivity contribution >= 4 is 10.9 Å². The van der Waals surface area contributed by atoms with Crippen LogP contribution in [0.25, 0.3) is 10.9 Å². The Balaban J connectivity index is 0.000000329. The van der Waals surface area contributed by atoms with Gasteiger partial charge in [0.05, 0.1) is 30.5 Å². The molecule has 2 aromatic rings. The van der Waals surface area contributed by atoms with Crippen molar-refractivity contribution in [2.45, 2.75) is 26.2 Å². The minimum Gasteiger partial charge on any atom is -0.370 e. The van der Waals surface area contributed by atoms with Crippen LogP contribution in [0.3, 0.4) is 0 Å². The third-order valence-electron chi connectivity index (χ3n) is 2.69. The smallest absolute Gasteiger partial charge is 0.0927 e. The predicted molar refractivity (Wildman–Crippen MR) is 69.0 cm³/mol. The van der Waals surface area contributed by atoms with E-state index in [1.165, 1.54) is 11.1 Å². The second kappa shape index (κ2) is 5.29. The van der Waals surface area contributed by atoms with E-state index in [0.717, 1.165) is 12.1 Å². The number of nitrogens with zero attached hydrogens (tertiary/aromatic N) is 2. The van der Waals surface area contributed by atoms with Gasteiger partial charge in [0.25, 0.3) is 0 Å². The molecular formula is C13H19N3O. The standard InChI is InChI=1S/C11H12N2O.C2H7N/c1-8-6-13-11(7-14-8)9-4-2-3-5-10(9)12-13;1-3-2/h2-5,8H,6-7H2,1H3;3H,1-2H3. The molecule has 4 heteroatoms. The second-order valence-electron chi connectivity index (χ2n) is 4.27. The zero-order chi connectivity index (χ0) is 12.3. The van der Waals surface area contributed by atoms with Gasteiger partial charge >= 0.3 is 0 Å². The fraction of sp³-hybridized carbons (Fsp3) is 0.462. The van der Waals surface area contributed by atoms with Crippen LogP contribution in [0.2, 0.25) is 0 Å². The maximum Gasteiger partial charge on any atom is 0.0927 e. The van der Waals surface area contributed by atoms with Crippen LogP contribution < -0.4 is 5.32 Å². The number of benzene rings is 1. The third-order valence-corrected chi connectivity index (χ3v) is 2.69. The minimum absolute atomic E-state index is 0.275. The van der Waals surface area contributed by atoms with Crippen molar-refractivity contribution in [2.24, 2.45) is 0 Å². The van der Waals surface area contributed by atoms with Crippen molar-refractivity contribution < 1.29 is 4.74 Å². The van der Waals surface area contributed by atoms with E-state index in [1.54, 1.807) is 0 Å². The van der Waals surface area contributed by atoms with Gasteiger partial charge in [0.15, 0.2) is 0 Å². The number of fused-ring (bicyclic) bond motifs is 3. The highest BCUT2D eigenvalue weighted by Crippen LogP contribution is 2.22. The van der Waals surface area contributed by atoms with Gasteiger partial charge in [0.1, 0.15) is 0 Å². The van der Waals surface area contributed by atoms with Crippen molar-refractivity contribution in [1.82, 2.24) is 15.1 Å². The lowest BCUT2D eigenvalue weighted by Crippen LogP contribution is -2.24. The van der Waals surface area contributed by atoms with Crippen molar-refractivity contribution in [3.8, 4) is 0 Å². The number of nitrogens with one attached hydrogen (secondary N) is 1. The molecule has 0 aliphatic carbocycles. The van der Waals surface area contributed by atoms with E-state index in [2.05, 4.69) is 28.1 Å². The summed E-state index contributed by atoms with van der Waals surface area (Å²) in [6, 6.07) is 8.22. The van der Waals surface area contributed by atoms with Gasteiger partial charge in [-0.3, -0.25) is 4.68 Å². The van der Waals surface area contributed by atoms with Gasteiger partial charge < -0.3 is 10.1 Å². The molecule has 1 aliphatic heterocycles. The summed E-state index contributed by atoms with van der Waals surface area (Å²) >= 11 is 0. The number of rotatable bonds is 0. The summed E-state index contributed by atoms with van der Waals surface area (Å²) in [4.78, 5) is 0. The van der Waals surface area contributed by atoms with Gasteiger partial charge in [-0.15, -0.1) is 0 Å². The summed E-state index contributed by atoms with van der Waals surface area (Å²) in [7, 11) is 3.75. The molecule has 1 atom stereocenters. The fourth-order valence-corrected chi connectivity index (χ4v) is 1.96. The molecule has 1 aromatic heterocycles. The average Bonchev–Trinajstić information content (AvgIpc) is 2.67. The summed E-state index contributed by atoms with van der Waals surface area (Å²) in [5, 5.41) is 8.51. The number of aromatic nitrogens is 2. The van der Waals surface area contributed by atoms with Crippen molar-refractivity contribution in [3.05, 3.63) is 30.0 Å². The summed E-state index contributed by atoms with van der Waals surface area (Å²) in [6.45, 7) is 3.63. The summed E-state index contributed by atoms with van der Waals surface area (Å²) in [5.74, 6) is 0. The van der Waals surface area contributed by atoms with Gasteiger partial charge in [0, 0.05) is 5.39 Å². The van der Waals surface area contributed by atoms with Crippen LogP contribution in [0.1, 0.15) is 12.6 Å². The van der Waals surface area contributed by atoms with Crippen LogP contribution >= 0.6 is 0 Å². The first-order valence-corrected chi connectivity index (χ1v) is 5.90. The maximum absolute atomic E-state index is 5.61. The SMILES string of the molecule is CC1Cn2nc3ccccc3c2CO1.CNC. The second-order valence-corrected chi connectivity index (χ2v) is 4.27. The monoisotopic (exact) mass is 233 g/mol. The largest absolute Gasteiger partial charge is 0.370 e. The first-order chi connectivity index (χ1) is 8.26. The molecule has 1 N–H and O–H groups in total. The van der Waals surface area contributed by atoms with Gasteiger partial charge in [-0.05, 0) is 27.1 Å². The lowest BCUT2D eigenvalue weighted by molar-refractivity contribution is 0.0133. The van der Waals surface area contributed by atoms with Crippen LogP contribution in [-0.4, -0.2) is 30.0 Å². The lowest BCUT2D eigenvalue weighted by Gasteiger charge is -2.20. The molecule has 0 spiro atoms. The molecule has 0 radical (unpaired) electrons. The summed E-state index contributed by atoms with van der Waals surface area (Å²) in [6.07, 6.45) is 0.275. The van der Waals surface area contributed by atoms with Crippen LogP contribution in [0, 0.1) is 0 Å². The Kier molecular flexibility index (Phi) is 3.76. The molecule has 0 fully saturated rings. The van der Waals surface area contributed by atoms with Gasteiger partial charge in [-0.25, -0.2) is 0 Å². The van der Waals surface area contributed by atoms with E-state index < -0.39 is 0 Å². The first kappa shape index (κ1) is 12.1. The average molecular weight is 233 g/mol. The van der Waals surface area contributed by atoms with Gasteiger partial charge in [-0.2, -0.15) is 5.10 Å².